The van der Waals surface area contributed by atoms with Crippen molar-refractivity contribution in [3.05, 3.63) is 29.8 Å². The van der Waals surface area contributed by atoms with Crippen molar-refractivity contribution >= 4 is 11.9 Å². The van der Waals surface area contributed by atoms with Gasteiger partial charge in [0, 0.05) is 6.54 Å². The van der Waals surface area contributed by atoms with E-state index < -0.39 is 0 Å². The van der Waals surface area contributed by atoms with E-state index in [0.29, 0.717) is 17.8 Å². The number of nitrogens with one attached hydrogen (secondary N) is 1. The summed E-state index contributed by atoms with van der Waals surface area (Å²) < 4.78 is 1.66. The number of aryl methyl sites for hydroxylation is 1. The number of hydrogen-bond donors (Lipinski definition) is 2. The first-order valence-electron chi connectivity index (χ1n) is 6.10. The number of nitrogen functional groups attached to an aromatic ring is 1. The topological polar surface area (TPSA) is 68.8 Å². The lowest BCUT2D eigenvalue weighted by Crippen LogP contribution is -2.09. The monoisotopic (exact) mass is 245 g/mol. The average molecular weight is 245 g/mol. The van der Waals surface area contributed by atoms with Gasteiger partial charge in [0.1, 0.15) is 0 Å². The largest absolute Gasteiger partial charge is 0.368 e. The van der Waals surface area contributed by atoms with Crippen molar-refractivity contribution in [3.8, 4) is 5.69 Å². The van der Waals surface area contributed by atoms with Crippen LogP contribution in [0.15, 0.2) is 24.3 Å². The Morgan fingerprint density at radius 2 is 2.06 bits per heavy atom. The maximum Gasteiger partial charge on any atom is 0.244 e. The van der Waals surface area contributed by atoms with E-state index in [2.05, 4.69) is 29.2 Å². The molecule has 0 fully saturated rings. The number of nitrogens with two attached hydrogens (primary N) is 1. The molecule has 1 aromatic heterocycles. The van der Waals surface area contributed by atoms with Crippen LogP contribution in [0.2, 0.25) is 0 Å². The van der Waals surface area contributed by atoms with Crippen LogP contribution in [-0.4, -0.2) is 21.3 Å². The number of hydrogen-bond acceptors (Lipinski definition) is 4. The first-order valence-corrected chi connectivity index (χ1v) is 6.10. The zero-order chi connectivity index (χ0) is 13.1. The Morgan fingerprint density at radius 3 is 2.72 bits per heavy atom. The van der Waals surface area contributed by atoms with Crippen molar-refractivity contribution in [2.45, 2.75) is 20.8 Å². The van der Waals surface area contributed by atoms with Crippen molar-refractivity contribution in [2.75, 3.05) is 17.6 Å². The number of rotatable bonds is 4. The smallest absolute Gasteiger partial charge is 0.244 e. The number of aromatic nitrogens is 3. The van der Waals surface area contributed by atoms with Crippen LogP contribution in [0, 0.1) is 12.8 Å². The molecule has 3 N–H and O–H groups in total. The van der Waals surface area contributed by atoms with Gasteiger partial charge in [-0.3, -0.25) is 0 Å². The zero-order valence-corrected chi connectivity index (χ0v) is 11.0. The molecule has 1 aromatic carbocycles. The molecule has 0 bridgehead atoms. The number of anilines is 2. The molecule has 0 unspecified atom stereocenters. The third kappa shape index (κ3) is 2.61. The van der Waals surface area contributed by atoms with Crippen molar-refractivity contribution in [1.82, 2.24) is 14.8 Å². The van der Waals surface area contributed by atoms with E-state index in [1.807, 2.05) is 31.2 Å². The fourth-order valence-corrected chi connectivity index (χ4v) is 1.67. The van der Waals surface area contributed by atoms with Gasteiger partial charge in [-0.2, -0.15) is 9.67 Å². The van der Waals surface area contributed by atoms with Crippen molar-refractivity contribution in [1.29, 1.82) is 0 Å². The van der Waals surface area contributed by atoms with Crippen LogP contribution >= 0.6 is 0 Å². The summed E-state index contributed by atoms with van der Waals surface area (Å²) >= 11 is 0. The standard InChI is InChI=1S/C13H19N5/c1-9(2)8-15-13-16-12(14)18(17-13)11-7-5-4-6-10(11)3/h4-7,9H,8H2,1-3H3,(H3,14,15,16,17). The van der Waals surface area contributed by atoms with Gasteiger partial charge in [-0.05, 0) is 24.5 Å². The molecule has 2 aromatic rings. The van der Waals surface area contributed by atoms with Gasteiger partial charge in [-0.1, -0.05) is 32.0 Å². The van der Waals surface area contributed by atoms with Gasteiger partial charge in [0.15, 0.2) is 0 Å². The second-order valence-electron chi connectivity index (χ2n) is 4.77. The maximum absolute atomic E-state index is 5.90. The molecule has 0 saturated carbocycles. The highest BCUT2D eigenvalue weighted by Crippen LogP contribution is 2.17. The molecule has 0 aliphatic rings. The van der Waals surface area contributed by atoms with Crippen molar-refractivity contribution in [2.24, 2.45) is 5.92 Å². The summed E-state index contributed by atoms with van der Waals surface area (Å²) in [7, 11) is 0. The lowest BCUT2D eigenvalue weighted by Gasteiger charge is -2.06. The van der Waals surface area contributed by atoms with E-state index in [1.54, 1.807) is 4.68 Å². The Balaban J connectivity index is 2.27. The quantitative estimate of drug-likeness (QED) is 0.866. The van der Waals surface area contributed by atoms with Gasteiger partial charge in [0.05, 0.1) is 5.69 Å². The van der Waals surface area contributed by atoms with Gasteiger partial charge in [-0.15, -0.1) is 5.10 Å². The van der Waals surface area contributed by atoms with Crippen molar-refractivity contribution in [3.63, 3.8) is 0 Å². The predicted octanol–water partition coefficient (Wildman–Crippen LogP) is 2.23. The minimum Gasteiger partial charge on any atom is -0.368 e. The second kappa shape index (κ2) is 5.08. The molecule has 2 rings (SSSR count). The molecule has 0 aliphatic heterocycles. The Hall–Kier alpha value is -2.04. The van der Waals surface area contributed by atoms with Crippen LogP contribution in [0.4, 0.5) is 11.9 Å². The maximum atomic E-state index is 5.90. The molecule has 0 amide bonds. The summed E-state index contributed by atoms with van der Waals surface area (Å²) in [6, 6.07) is 7.96. The highest BCUT2D eigenvalue weighted by Gasteiger charge is 2.10. The Bertz CT molecular complexity index is 530. The summed E-state index contributed by atoms with van der Waals surface area (Å²) in [5.74, 6) is 1.51. The van der Waals surface area contributed by atoms with Crippen LogP contribution in [0.25, 0.3) is 5.69 Å². The van der Waals surface area contributed by atoms with Gasteiger partial charge in [-0.25, -0.2) is 0 Å². The Morgan fingerprint density at radius 1 is 1.33 bits per heavy atom. The highest BCUT2D eigenvalue weighted by molar-refractivity contribution is 5.46. The van der Waals surface area contributed by atoms with E-state index in [4.69, 9.17) is 5.73 Å². The molecule has 0 spiro atoms. The van der Waals surface area contributed by atoms with Crippen molar-refractivity contribution < 1.29 is 0 Å². The molecule has 0 atom stereocenters. The summed E-state index contributed by atoms with van der Waals surface area (Å²) in [6.07, 6.45) is 0. The number of nitrogens with zero attached hydrogens (tertiary/aromatic N) is 3. The van der Waals surface area contributed by atoms with E-state index >= 15 is 0 Å². The van der Waals surface area contributed by atoms with E-state index in [1.165, 1.54) is 0 Å². The van der Waals surface area contributed by atoms with E-state index in [0.717, 1.165) is 17.8 Å². The molecule has 0 aliphatic carbocycles. The molecule has 5 nitrogen and oxygen atoms in total. The molecule has 5 heteroatoms. The molecular formula is C13H19N5. The van der Waals surface area contributed by atoms with Crippen LogP contribution in [0.5, 0.6) is 0 Å². The van der Waals surface area contributed by atoms with Crippen LogP contribution in [0.1, 0.15) is 19.4 Å². The third-order valence-corrected chi connectivity index (χ3v) is 2.64. The van der Waals surface area contributed by atoms with Crippen LogP contribution < -0.4 is 11.1 Å². The lowest BCUT2D eigenvalue weighted by atomic mass is 10.2. The van der Waals surface area contributed by atoms with Crippen LogP contribution in [0.3, 0.4) is 0 Å². The van der Waals surface area contributed by atoms with Gasteiger partial charge >= 0.3 is 0 Å². The molecular weight excluding hydrogens is 226 g/mol. The predicted molar refractivity (Wildman–Crippen MR) is 73.8 cm³/mol. The first kappa shape index (κ1) is 12.4. The van der Waals surface area contributed by atoms with Gasteiger partial charge < -0.3 is 11.1 Å². The molecule has 96 valence electrons. The summed E-state index contributed by atoms with van der Waals surface area (Å²) in [4.78, 5) is 4.22. The SMILES string of the molecule is Cc1ccccc1-n1nc(NCC(C)C)nc1N. The number of para-hydroxylation sites is 1. The van der Waals surface area contributed by atoms with Crippen LogP contribution in [-0.2, 0) is 0 Å². The Kier molecular flexibility index (Phi) is 3.50. The van der Waals surface area contributed by atoms with Gasteiger partial charge in [0.2, 0.25) is 11.9 Å². The first-order chi connectivity index (χ1) is 8.58. The third-order valence-electron chi connectivity index (χ3n) is 2.64. The van der Waals surface area contributed by atoms with E-state index in [9.17, 15) is 0 Å². The summed E-state index contributed by atoms with van der Waals surface area (Å²) in [5, 5.41) is 7.55. The fraction of sp³-hybridized carbons (Fsp3) is 0.385. The molecule has 1 heterocycles. The number of benzene rings is 1. The average Bonchev–Trinajstić information content (AvgIpc) is 2.69. The van der Waals surface area contributed by atoms with Gasteiger partial charge in [0.25, 0.3) is 0 Å². The Labute approximate surface area is 107 Å². The lowest BCUT2D eigenvalue weighted by molar-refractivity contribution is 0.684. The highest BCUT2D eigenvalue weighted by atomic mass is 15.4. The minimum atomic E-state index is 0.399. The fourth-order valence-electron chi connectivity index (χ4n) is 1.67. The van der Waals surface area contributed by atoms with E-state index in [-0.39, 0.29) is 0 Å². The molecule has 0 saturated heterocycles. The molecule has 18 heavy (non-hydrogen) atoms. The summed E-state index contributed by atoms with van der Waals surface area (Å²) in [6.45, 7) is 7.12. The normalized spacial score (nSPS) is 10.9. The summed E-state index contributed by atoms with van der Waals surface area (Å²) in [5.41, 5.74) is 7.97. The second-order valence-corrected chi connectivity index (χ2v) is 4.77. The molecule has 0 radical (unpaired) electrons. The minimum absolute atomic E-state index is 0.399. The zero-order valence-electron chi connectivity index (χ0n) is 11.0.